The number of hydrogen-bond donors (Lipinski definition) is 2. The van der Waals surface area contributed by atoms with Crippen LogP contribution < -0.4 is 5.32 Å². The highest BCUT2D eigenvalue weighted by atomic mass is 16.5. The highest BCUT2D eigenvalue weighted by Gasteiger charge is 2.34. The molecule has 4 rings (SSSR count). The van der Waals surface area contributed by atoms with Gasteiger partial charge in [0, 0.05) is 24.7 Å². The summed E-state index contributed by atoms with van der Waals surface area (Å²) < 4.78 is 5.84. The normalized spacial score (nSPS) is 25.0. The third kappa shape index (κ3) is 3.94. The van der Waals surface area contributed by atoms with E-state index in [1.807, 2.05) is 18.2 Å². The number of hydrogen-bond acceptors (Lipinski definition) is 4. The first-order valence-electron chi connectivity index (χ1n) is 10.6. The molecule has 3 atom stereocenters. The van der Waals surface area contributed by atoms with E-state index in [-0.39, 0.29) is 30.1 Å². The van der Waals surface area contributed by atoms with Crippen LogP contribution in [0.2, 0.25) is 0 Å². The van der Waals surface area contributed by atoms with E-state index in [1.54, 1.807) is 0 Å². The number of H-pyrrole nitrogens is 1. The SMILES string of the molecule is CC1CN(C(C(=O)Nc2ccc3nc(C4CCC4)[nH]c3c2)C(C)C)CC(C)O1. The molecule has 0 spiro atoms. The zero-order chi connectivity index (χ0) is 19.8. The highest BCUT2D eigenvalue weighted by Crippen LogP contribution is 2.35. The van der Waals surface area contributed by atoms with Crippen molar-refractivity contribution in [3.8, 4) is 0 Å². The molecule has 2 aliphatic rings. The molecule has 1 aromatic heterocycles. The number of amides is 1. The van der Waals surface area contributed by atoms with Crippen LogP contribution in [0.3, 0.4) is 0 Å². The molecule has 6 nitrogen and oxygen atoms in total. The van der Waals surface area contributed by atoms with Crippen LogP contribution in [0.4, 0.5) is 5.69 Å². The third-order valence-electron chi connectivity index (χ3n) is 6.00. The van der Waals surface area contributed by atoms with Gasteiger partial charge in [-0.2, -0.15) is 0 Å². The standard InChI is InChI=1S/C22H32N4O2/c1-13(2)20(26-11-14(3)28-15(4)12-26)22(27)23-17-8-9-18-19(10-17)25-21(24-18)16-6-5-7-16/h8-10,13-16,20H,5-7,11-12H2,1-4H3,(H,23,27)(H,24,25). The summed E-state index contributed by atoms with van der Waals surface area (Å²) >= 11 is 0. The molecule has 2 aromatic rings. The van der Waals surface area contributed by atoms with Crippen molar-refractivity contribution in [1.29, 1.82) is 0 Å². The maximum Gasteiger partial charge on any atom is 0.241 e. The van der Waals surface area contributed by atoms with Gasteiger partial charge in [-0.25, -0.2) is 4.98 Å². The summed E-state index contributed by atoms with van der Waals surface area (Å²) in [6.07, 6.45) is 4.01. The predicted molar refractivity (Wildman–Crippen MR) is 112 cm³/mol. The maximum absolute atomic E-state index is 13.2. The van der Waals surface area contributed by atoms with Gasteiger partial charge in [-0.05, 0) is 50.8 Å². The molecule has 1 saturated heterocycles. The summed E-state index contributed by atoms with van der Waals surface area (Å²) in [6.45, 7) is 9.93. The van der Waals surface area contributed by atoms with Gasteiger partial charge in [0.25, 0.3) is 0 Å². The van der Waals surface area contributed by atoms with Crippen molar-refractivity contribution in [3.63, 3.8) is 0 Å². The number of carbonyl (C=O) groups is 1. The first kappa shape index (κ1) is 19.4. The number of benzene rings is 1. The van der Waals surface area contributed by atoms with Crippen molar-refractivity contribution in [1.82, 2.24) is 14.9 Å². The fourth-order valence-corrected chi connectivity index (χ4v) is 4.53. The Morgan fingerprint density at radius 1 is 1.25 bits per heavy atom. The van der Waals surface area contributed by atoms with Crippen molar-refractivity contribution in [3.05, 3.63) is 24.0 Å². The molecule has 152 valence electrons. The van der Waals surface area contributed by atoms with E-state index in [9.17, 15) is 4.79 Å². The number of ether oxygens (including phenoxy) is 1. The number of morpholine rings is 1. The molecule has 28 heavy (non-hydrogen) atoms. The van der Waals surface area contributed by atoms with Crippen molar-refractivity contribution in [2.45, 2.75) is 71.1 Å². The van der Waals surface area contributed by atoms with E-state index in [2.05, 4.69) is 42.9 Å². The molecule has 2 N–H and O–H groups in total. The van der Waals surface area contributed by atoms with Crippen molar-refractivity contribution < 1.29 is 9.53 Å². The van der Waals surface area contributed by atoms with Crippen LogP contribution in [0.25, 0.3) is 11.0 Å². The van der Waals surface area contributed by atoms with Gasteiger partial charge in [0.2, 0.25) is 5.91 Å². The van der Waals surface area contributed by atoms with Crippen LogP contribution in [0.15, 0.2) is 18.2 Å². The second-order valence-corrected chi connectivity index (χ2v) is 8.87. The fraction of sp³-hybridized carbons (Fsp3) is 0.636. The Labute approximate surface area is 167 Å². The predicted octanol–water partition coefficient (Wildman–Crippen LogP) is 3.90. The minimum Gasteiger partial charge on any atom is -0.373 e. The average molecular weight is 385 g/mol. The second-order valence-electron chi connectivity index (χ2n) is 8.87. The second kappa shape index (κ2) is 7.84. The molecule has 1 saturated carbocycles. The molecule has 0 bridgehead atoms. The molecule has 1 aliphatic carbocycles. The Balaban J connectivity index is 1.50. The van der Waals surface area contributed by atoms with E-state index < -0.39 is 0 Å². The number of anilines is 1. The Bertz CT molecular complexity index is 832. The minimum atomic E-state index is -0.170. The number of carbonyl (C=O) groups excluding carboxylic acids is 1. The largest absolute Gasteiger partial charge is 0.373 e. The summed E-state index contributed by atoms with van der Waals surface area (Å²) in [4.78, 5) is 23.6. The first-order chi connectivity index (χ1) is 13.4. The number of aromatic amines is 1. The lowest BCUT2D eigenvalue weighted by atomic mass is 9.85. The van der Waals surface area contributed by atoms with E-state index >= 15 is 0 Å². The van der Waals surface area contributed by atoms with Gasteiger partial charge in [0.1, 0.15) is 5.82 Å². The van der Waals surface area contributed by atoms with E-state index in [4.69, 9.17) is 9.72 Å². The summed E-state index contributed by atoms with van der Waals surface area (Å²) in [5, 5.41) is 3.14. The van der Waals surface area contributed by atoms with Crippen LogP contribution in [0.1, 0.15) is 58.7 Å². The lowest BCUT2D eigenvalue weighted by Gasteiger charge is -2.41. The molecule has 1 aromatic carbocycles. The van der Waals surface area contributed by atoms with E-state index in [0.29, 0.717) is 5.92 Å². The van der Waals surface area contributed by atoms with Crippen LogP contribution in [0, 0.1) is 5.92 Å². The number of fused-ring (bicyclic) bond motifs is 1. The Kier molecular flexibility index (Phi) is 5.43. The van der Waals surface area contributed by atoms with Crippen LogP contribution in [-0.2, 0) is 9.53 Å². The van der Waals surface area contributed by atoms with E-state index in [0.717, 1.165) is 35.6 Å². The topological polar surface area (TPSA) is 70.2 Å². The van der Waals surface area contributed by atoms with Gasteiger partial charge < -0.3 is 15.0 Å². The van der Waals surface area contributed by atoms with Gasteiger partial charge in [0.15, 0.2) is 0 Å². The van der Waals surface area contributed by atoms with E-state index in [1.165, 1.54) is 19.3 Å². The number of rotatable bonds is 5. The van der Waals surface area contributed by atoms with Crippen molar-refractivity contribution in [2.24, 2.45) is 5.92 Å². The quantitative estimate of drug-likeness (QED) is 0.820. The molecule has 1 amide bonds. The monoisotopic (exact) mass is 384 g/mol. The van der Waals surface area contributed by atoms with Gasteiger partial charge in [0.05, 0.1) is 29.3 Å². The molecular weight excluding hydrogens is 352 g/mol. The molecule has 3 unspecified atom stereocenters. The van der Waals surface area contributed by atoms with Crippen LogP contribution in [-0.4, -0.2) is 52.1 Å². The molecular formula is C22H32N4O2. The average Bonchev–Trinajstić information content (AvgIpc) is 2.94. The van der Waals surface area contributed by atoms with Gasteiger partial charge >= 0.3 is 0 Å². The fourth-order valence-electron chi connectivity index (χ4n) is 4.53. The number of nitrogens with one attached hydrogen (secondary N) is 2. The summed E-state index contributed by atoms with van der Waals surface area (Å²) in [7, 11) is 0. The van der Waals surface area contributed by atoms with Crippen molar-refractivity contribution >= 4 is 22.6 Å². The Morgan fingerprint density at radius 3 is 2.57 bits per heavy atom. The number of aromatic nitrogens is 2. The third-order valence-corrected chi connectivity index (χ3v) is 6.00. The van der Waals surface area contributed by atoms with Crippen LogP contribution >= 0.6 is 0 Å². The summed E-state index contributed by atoms with van der Waals surface area (Å²) in [5.74, 6) is 1.93. The maximum atomic E-state index is 13.2. The lowest BCUT2D eigenvalue weighted by Crippen LogP contribution is -2.55. The number of imidazole rings is 1. The van der Waals surface area contributed by atoms with Crippen molar-refractivity contribution in [2.75, 3.05) is 18.4 Å². The zero-order valence-electron chi connectivity index (χ0n) is 17.4. The first-order valence-corrected chi connectivity index (χ1v) is 10.6. The smallest absolute Gasteiger partial charge is 0.241 e. The summed E-state index contributed by atoms with van der Waals surface area (Å²) in [6, 6.07) is 5.78. The van der Waals surface area contributed by atoms with Gasteiger partial charge in [-0.1, -0.05) is 20.3 Å². The van der Waals surface area contributed by atoms with Crippen LogP contribution in [0.5, 0.6) is 0 Å². The molecule has 6 heteroatoms. The number of nitrogens with zero attached hydrogens (tertiary/aromatic N) is 2. The molecule has 2 fully saturated rings. The summed E-state index contributed by atoms with van der Waals surface area (Å²) in [5.41, 5.74) is 2.78. The molecule has 2 heterocycles. The molecule has 1 aliphatic heterocycles. The minimum absolute atomic E-state index is 0.0504. The Morgan fingerprint density at radius 2 is 1.96 bits per heavy atom. The van der Waals surface area contributed by atoms with Gasteiger partial charge in [-0.3, -0.25) is 9.69 Å². The van der Waals surface area contributed by atoms with Gasteiger partial charge in [-0.15, -0.1) is 0 Å². The highest BCUT2D eigenvalue weighted by molar-refractivity contribution is 5.96. The lowest BCUT2D eigenvalue weighted by molar-refractivity contribution is -0.130. The Hall–Kier alpha value is -1.92. The molecule has 0 radical (unpaired) electrons. The zero-order valence-corrected chi connectivity index (χ0v) is 17.4.